The quantitative estimate of drug-likeness (QED) is 0.431. The van der Waals surface area contributed by atoms with Gasteiger partial charge in [-0.3, -0.25) is 4.79 Å². The summed E-state index contributed by atoms with van der Waals surface area (Å²) in [6, 6.07) is 0. The summed E-state index contributed by atoms with van der Waals surface area (Å²) in [6.45, 7) is 5.20. The van der Waals surface area contributed by atoms with Crippen LogP contribution in [0.15, 0.2) is 0 Å². The van der Waals surface area contributed by atoms with Gasteiger partial charge in [0.2, 0.25) is 0 Å². The highest BCUT2D eigenvalue weighted by Crippen LogP contribution is 2.03. The normalized spacial score (nSPS) is 12.6. The number of esters is 1. The van der Waals surface area contributed by atoms with Gasteiger partial charge in [-0.25, -0.2) is 0 Å². The maximum absolute atomic E-state index is 10.9. The summed E-state index contributed by atoms with van der Waals surface area (Å²) in [6.07, 6.45) is 0. The predicted molar refractivity (Wildman–Crippen MR) is 50.9 cm³/mol. The largest absolute Gasteiger partial charge is 0.465 e. The molecule has 1 unspecified atom stereocenters. The van der Waals surface area contributed by atoms with Crippen LogP contribution in [0.1, 0.15) is 13.8 Å². The van der Waals surface area contributed by atoms with Crippen molar-refractivity contribution in [3.05, 3.63) is 0 Å². The van der Waals surface area contributed by atoms with Crippen LogP contribution in [-0.4, -0.2) is 29.7 Å². The minimum atomic E-state index is -0.193. The van der Waals surface area contributed by atoms with Gasteiger partial charge in [-0.1, -0.05) is 22.6 Å². The third kappa shape index (κ3) is 5.43. The molecule has 0 aromatic heterocycles. The van der Waals surface area contributed by atoms with E-state index >= 15 is 0 Å². The van der Waals surface area contributed by atoms with Gasteiger partial charge in [0.25, 0.3) is 0 Å². The van der Waals surface area contributed by atoms with E-state index in [9.17, 15) is 4.79 Å². The van der Waals surface area contributed by atoms with Gasteiger partial charge in [-0.05, 0) is 13.8 Å². The Hall–Kier alpha value is 0.160. The van der Waals surface area contributed by atoms with Crippen molar-refractivity contribution in [3.63, 3.8) is 0 Å². The Morgan fingerprint density at radius 1 is 1.45 bits per heavy atom. The number of alkyl halides is 1. The molecule has 0 aliphatic heterocycles. The first-order valence-electron chi connectivity index (χ1n) is 3.60. The molecule has 0 heterocycles. The number of ether oxygens (including phenoxy) is 2. The molecule has 0 aliphatic carbocycles. The van der Waals surface area contributed by atoms with E-state index in [0.717, 1.165) is 0 Å². The summed E-state index contributed by atoms with van der Waals surface area (Å²) >= 11 is 2.01. The third-order valence-corrected chi connectivity index (χ3v) is 1.88. The lowest BCUT2D eigenvalue weighted by Gasteiger charge is -2.07. The maximum atomic E-state index is 10.9. The Kier molecular flexibility index (Phi) is 6.94. The lowest BCUT2D eigenvalue weighted by molar-refractivity contribution is -0.143. The first-order chi connectivity index (χ1) is 5.22. The molecule has 0 saturated carbocycles. The average Bonchev–Trinajstić information content (AvgIpc) is 2.00. The minimum Gasteiger partial charge on any atom is -0.465 e. The van der Waals surface area contributed by atoms with Crippen molar-refractivity contribution in [2.24, 2.45) is 0 Å². The molecule has 0 fully saturated rings. The molecule has 0 aromatic rings. The molecule has 11 heavy (non-hydrogen) atoms. The average molecular weight is 272 g/mol. The summed E-state index contributed by atoms with van der Waals surface area (Å²) in [5.74, 6) is -0.193. The summed E-state index contributed by atoms with van der Waals surface area (Å²) < 4.78 is 9.66. The molecule has 0 aromatic carbocycles. The Morgan fingerprint density at radius 2 is 2.09 bits per heavy atom. The topological polar surface area (TPSA) is 35.5 Å². The first-order valence-corrected chi connectivity index (χ1v) is 4.85. The number of carbonyl (C=O) groups is 1. The zero-order chi connectivity index (χ0) is 8.69. The van der Waals surface area contributed by atoms with Gasteiger partial charge in [0.15, 0.2) is 0 Å². The highest BCUT2D eigenvalue weighted by molar-refractivity contribution is 14.1. The van der Waals surface area contributed by atoms with E-state index in [-0.39, 0.29) is 9.89 Å². The summed E-state index contributed by atoms with van der Waals surface area (Å²) in [5, 5.41) is 0. The van der Waals surface area contributed by atoms with Crippen LogP contribution >= 0.6 is 22.6 Å². The van der Waals surface area contributed by atoms with E-state index < -0.39 is 0 Å². The predicted octanol–water partition coefficient (Wildman–Crippen LogP) is 1.39. The molecule has 0 spiro atoms. The van der Waals surface area contributed by atoms with Crippen LogP contribution in [0.25, 0.3) is 0 Å². The van der Waals surface area contributed by atoms with Gasteiger partial charge in [-0.2, -0.15) is 0 Å². The van der Waals surface area contributed by atoms with Crippen molar-refractivity contribution in [1.29, 1.82) is 0 Å². The van der Waals surface area contributed by atoms with E-state index in [1.165, 1.54) is 0 Å². The summed E-state index contributed by atoms with van der Waals surface area (Å²) in [7, 11) is 0. The Balaban J connectivity index is 3.46. The minimum absolute atomic E-state index is 0.174. The second kappa shape index (κ2) is 6.84. The molecule has 0 aliphatic rings. The van der Waals surface area contributed by atoms with Crippen molar-refractivity contribution in [3.8, 4) is 0 Å². The standard InChI is InChI=1S/C7H13IO3/c1-3-10-5-6(8)7(9)11-4-2/h6H,3-5H2,1-2H3. The fraction of sp³-hybridized carbons (Fsp3) is 0.857. The van der Waals surface area contributed by atoms with Crippen LogP contribution in [0.3, 0.4) is 0 Å². The molecule has 0 rings (SSSR count). The van der Waals surface area contributed by atoms with Crippen LogP contribution in [0.4, 0.5) is 0 Å². The molecule has 3 nitrogen and oxygen atoms in total. The number of rotatable bonds is 5. The van der Waals surface area contributed by atoms with Crippen LogP contribution < -0.4 is 0 Å². The first kappa shape index (κ1) is 11.2. The second-order valence-electron chi connectivity index (χ2n) is 1.88. The van der Waals surface area contributed by atoms with Crippen molar-refractivity contribution >= 4 is 28.6 Å². The number of hydrogen-bond donors (Lipinski definition) is 0. The highest BCUT2D eigenvalue weighted by Gasteiger charge is 2.14. The van der Waals surface area contributed by atoms with E-state index in [0.29, 0.717) is 19.8 Å². The second-order valence-corrected chi connectivity index (χ2v) is 3.38. The molecule has 0 bridgehead atoms. The zero-order valence-corrected chi connectivity index (χ0v) is 8.96. The molecular formula is C7H13IO3. The van der Waals surface area contributed by atoms with Crippen molar-refractivity contribution in [2.45, 2.75) is 17.8 Å². The van der Waals surface area contributed by atoms with E-state index in [1.54, 1.807) is 6.92 Å². The highest BCUT2D eigenvalue weighted by atomic mass is 127. The zero-order valence-electron chi connectivity index (χ0n) is 6.80. The summed E-state index contributed by atoms with van der Waals surface area (Å²) in [4.78, 5) is 10.9. The molecule has 4 heteroatoms. The van der Waals surface area contributed by atoms with E-state index in [4.69, 9.17) is 9.47 Å². The lowest BCUT2D eigenvalue weighted by atomic mass is 10.5. The molecule has 0 radical (unpaired) electrons. The molecule has 1 atom stereocenters. The van der Waals surface area contributed by atoms with Crippen LogP contribution in [0, 0.1) is 0 Å². The van der Waals surface area contributed by atoms with Crippen molar-refractivity contribution in [1.82, 2.24) is 0 Å². The number of halogens is 1. The molecular weight excluding hydrogens is 259 g/mol. The Labute approximate surface area is 80.6 Å². The molecule has 0 N–H and O–H groups in total. The van der Waals surface area contributed by atoms with Crippen molar-refractivity contribution in [2.75, 3.05) is 19.8 Å². The molecule has 66 valence electrons. The number of hydrogen-bond acceptors (Lipinski definition) is 3. The van der Waals surface area contributed by atoms with E-state index in [1.807, 2.05) is 29.5 Å². The molecule has 0 saturated heterocycles. The van der Waals surface area contributed by atoms with Crippen LogP contribution in [0.2, 0.25) is 0 Å². The maximum Gasteiger partial charge on any atom is 0.321 e. The fourth-order valence-electron chi connectivity index (χ4n) is 0.522. The van der Waals surface area contributed by atoms with Gasteiger partial charge in [0, 0.05) is 6.61 Å². The van der Waals surface area contributed by atoms with Gasteiger partial charge in [0.1, 0.15) is 3.92 Å². The van der Waals surface area contributed by atoms with E-state index in [2.05, 4.69) is 0 Å². The fourth-order valence-corrected chi connectivity index (χ4v) is 0.956. The molecule has 0 amide bonds. The van der Waals surface area contributed by atoms with Gasteiger partial charge >= 0.3 is 5.97 Å². The Bertz CT molecular complexity index is 116. The Morgan fingerprint density at radius 3 is 2.55 bits per heavy atom. The third-order valence-electron chi connectivity index (χ3n) is 1.01. The van der Waals surface area contributed by atoms with Crippen LogP contribution in [0.5, 0.6) is 0 Å². The lowest BCUT2D eigenvalue weighted by Crippen LogP contribution is -2.22. The monoisotopic (exact) mass is 272 g/mol. The SMILES string of the molecule is CCOCC(I)C(=O)OCC. The van der Waals surface area contributed by atoms with Gasteiger partial charge in [0.05, 0.1) is 13.2 Å². The summed E-state index contributed by atoms with van der Waals surface area (Å²) in [5.41, 5.74) is 0. The van der Waals surface area contributed by atoms with Crippen molar-refractivity contribution < 1.29 is 14.3 Å². The van der Waals surface area contributed by atoms with Crippen LogP contribution in [-0.2, 0) is 14.3 Å². The smallest absolute Gasteiger partial charge is 0.321 e. The van der Waals surface area contributed by atoms with Gasteiger partial charge < -0.3 is 9.47 Å². The number of carbonyl (C=O) groups excluding carboxylic acids is 1. The van der Waals surface area contributed by atoms with Gasteiger partial charge in [-0.15, -0.1) is 0 Å².